The van der Waals surface area contributed by atoms with Crippen LogP contribution in [-0.2, 0) is 12.8 Å². The van der Waals surface area contributed by atoms with Crippen LogP contribution in [-0.4, -0.2) is 9.97 Å². The quantitative estimate of drug-likeness (QED) is 0.532. The third-order valence-corrected chi connectivity index (χ3v) is 6.34. The summed E-state index contributed by atoms with van der Waals surface area (Å²) in [6, 6.07) is 15.2. The van der Waals surface area contributed by atoms with Gasteiger partial charge in [0, 0.05) is 4.88 Å². The third-order valence-electron chi connectivity index (χ3n) is 5.14. The van der Waals surface area contributed by atoms with Gasteiger partial charge in [-0.2, -0.15) is 0 Å². The van der Waals surface area contributed by atoms with Crippen LogP contribution in [0.1, 0.15) is 35.4 Å². The van der Waals surface area contributed by atoms with E-state index in [4.69, 9.17) is 0 Å². The predicted octanol–water partition coefficient (Wildman–Crippen LogP) is 5.51. The van der Waals surface area contributed by atoms with E-state index in [1.54, 1.807) is 6.33 Å². The zero-order valence-electron chi connectivity index (χ0n) is 14.1. The van der Waals surface area contributed by atoms with Gasteiger partial charge in [0.1, 0.15) is 17.0 Å². The zero-order valence-corrected chi connectivity index (χ0v) is 14.9. The molecule has 1 aliphatic rings. The third kappa shape index (κ3) is 2.40. The number of fused-ring (bicyclic) bond motifs is 4. The summed E-state index contributed by atoms with van der Waals surface area (Å²) in [5.41, 5.74) is 2.77. The topological polar surface area (TPSA) is 37.8 Å². The molecule has 1 N–H and O–H groups in total. The van der Waals surface area contributed by atoms with E-state index < -0.39 is 0 Å². The van der Waals surface area contributed by atoms with Gasteiger partial charge >= 0.3 is 0 Å². The van der Waals surface area contributed by atoms with Crippen LogP contribution < -0.4 is 5.32 Å². The van der Waals surface area contributed by atoms with Gasteiger partial charge in [-0.15, -0.1) is 11.3 Å². The van der Waals surface area contributed by atoms with Crippen molar-refractivity contribution in [3.05, 3.63) is 64.8 Å². The van der Waals surface area contributed by atoms with Crippen molar-refractivity contribution in [2.45, 2.75) is 32.2 Å². The van der Waals surface area contributed by atoms with Crippen molar-refractivity contribution in [3.8, 4) is 0 Å². The van der Waals surface area contributed by atoms with Gasteiger partial charge in [-0.05, 0) is 48.1 Å². The predicted molar refractivity (Wildman–Crippen MR) is 105 cm³/mol. The molecule has 2 heterocycles. The standard InChI is InChI=1S/C21H19N3S/c1-13(15-9-4-7-14-6-2-3-8-16(14)15)24-20-19-17-10-5-11-18(17)25-21(19)23-12-22-20/h2-4,6-9,12-13H,5,10-11H2,1H3,(H,22,23,24). The first kappa shape index (κ1) is 14.8. The molecule has 25 heavy (non-hydrogen) atoms. The van der Waals surface area contributed by atoms with Crippen molar-refractivity contribution in [2.75, 3.05) is 5.32 Å². The lowest BCUT2D eigenvalue weighted by molar-refractivity contribution is 0.883. The summed E-state index contributed by atoms with van der Waals surface area (Å²) in [6.07, 6.45) is 5.28. The second-order valence-corrected chi connectivity index (χ2v) is 7.78. The molecule has 3 nitrogen and oxygen atoms in total. The van der Waals surface area contributed by atoms with Crippen LogP contribution in [0.15, 0.2) is 48.8 Å². The molecule has 0 spiro atoms. The fourth-order valence-corrected chi connectivity index (χ4v) is 5.18. The van der Waals surface area contributed by atoms with Gasteiger partial charge in [-0.25, -0.2) is 9.97 Å². The Kier molecular flexibility index (Phi) is 3.45. The van der Waals surface area contributed by atoms with Crippen LogP contribution in [0.25, 0.3) is 21.0 Å². The molecule has 0 radical (unpaired) electrons. The van der Waals surface area contributed by atoms with Gasteiger partial charge in [0.2, 0.25) is 0 Å². The summed E-state index contributed by atoms with van der Waals surface area (Å²) in [7, 11) is 0. The van der Waals surface area contributed by atoms with Crippen LogP contribution >= 0.6 is 11.3 Å². The smallest absolute Gasteiger partial charge is 0.138 e. The van der Waals surface area contributed by atoms with E-state index in [0.29, 0.717) is 0 Å². The first-order valence-electron chi connectivity index (χ1n) is 8.81. The molecule has 1 unspecified atom stereocenters. The number of rotatable bonds is 3. The molecular formula is C21H19N3S. The van der Waals surface area contributed by atoms with Gasteiger partial charge in [0.25, 0.3) is 0 Å². The average Bonchev–Trinajstić information content (AvgIpc) is 3.22. The number of aromatic nitrogens is 2. The lowest BCUT2D eigenvalue weighted by Crippen LogP contribution is -2.09. The van der Waals surface area contributed by atoms with Crippen molar-refractivity contribution in [1.82, 2.24) is 9.97 Å². The van der Waals surface area contributed by atoms with E-state index in [1.807, 2.05) is 11.3 Å². The summed E-state index contributed by atoms with van der Waals surface area (Å²) in [5, 5.41) is 7.48. The van der Waals surface area contributed by atoms with Crippen LogP contribution in [0.2, 0.25) is 0 Å². The molecule has 1 aliphatic carbocycles. The lowest BCUT2D eigenvalue weighted by atomic mass is 9.99. The van der Waals surface area contributed by atoms with E-state index in [9.17, 15) is 0 Å². The molecule has 1 atom stereocenters. The largest absolute Gasteiger partial charge is 0.363 e. The zero-order chi connectivity index (χ0) is 16.8. The molecule has 4 aromatic rings. The first-order valence-corrected chi connectivity index (χ1v) is 9.62. The summed E-state index contributed by atoms with van der Waals surface area (Å²) < 4.78 is 0. The number of anilines is 1. The second kappa shape index (κ2) is 5.81. The van der Waals surface area contributed by atoms with Gasteiger partial charge in [-0.3, -0.25) is 0 Å². The Bertz CT molecular complexity index is 1080. The number of hydrogen-bond acceptors (Lipinski definition) is 4. The fourth-order valence-electron chi connectivity index (χ4n) is 3.95. The van der Waals surface area contributed by atoms with Crippen molar-refractivity contribution in [3.63, 3.8) is 0 Å². The number of aryl methyl sites for hydroxylation is 2. The maximum absolute atomic E-state index is 4.59. The molecule has 4 heteroatoms. The minimum atomic E-state index is 0.182. The maximum atomic E-state index is 4.59. The highest BCUT2D eigenvalue weighted by Gasteiger charge is 2.22. The van der Waals surface area contributed by atoms with Crippen LogP contribution in [0.4, 0.5) is 5.82 Å². The molecule has 124 valence electrons. The lowest BCUT2D eigenvalue weighted by Gasteiger charge is -2.18. The molecule has 0 saturated carbocycles. The van der Waals surface area contributed by atoms with E-state index in [-0.39, 0.29) is 6.04 Å². The van der Waals surface area contributed by atoms with E-state index in [2.05, 4.69) is 64.7 Å². The highest BCUT2D eigenvalue weighted by Crippen LogP contribution is 2.40. The Morgan fingerprint density at radius 3 is 2.88 bits per heavy atom. The van der Waals surface area contributed by atoms with Crippen molar-refractivity contribution >= 4 is 38.1 Å². The molecule has 2 aromatic carbocycles. The molecule has 0 saturated heterocycles. The Labute approximate surface area is 150 Å². The van der Waals surface area contributed by atoms with Gasteiger partial charge in [0.15, 0.2) is 0 Å². The van der Waals surface area contributed by atoms with Crippen molar-refractivity contribution in [2.24, 2.45) is 0 Å². The summed E-state index contributed by atoms with van der Waals surface area (Å²) in [4.78, 5) is 11.7. The average molecular weight is 345 g/mol. The van der Waals surface area contributed by atoms with Crippen molar-refractivity contribution < 1.29 is 0 Å². The maximum Gasteiger partial charge on any atom is 0.138 e. The fraction of sp³-hybridized carbons (Fsp3) is 0.238. The van der Waals surface area contributed by atoms with E-state index in [0.717, 1.165) is 17.1 Å². The van der Waals surface area contributed by atoms with Crippen LogP contribution in [0.3, 0.4) is 0 Å². The first-order chi connectivity index (χ1) is 12.3. The molecule has 5 rings (SSSR count). The molecule has 0 aliphatic heterocycles. The Balaban J connectivity index is 1.58. The molecule has 2 aromatic heterocycles. The highest BCUT2D eigenvalue weighted by atomic mass is 32.1. The Hall–Kier alpha value is -2.46. The van der Waals surface area contributed by atoms with Gasteiger partial charge in [-0.1, -0.05) is 42.5 Å². The minimum absolute atomic E-state index is 0.182. The molecular weight excluding hydrogens is 326 g/mol. The minimum Gasteiger partial charge on any atom is -0.363 e. The normalized spacial score (nSPS) is 14.8. The summed E-state index contributed by atoms with van der Waals surface area (Å²) >= 11 is 1.83. The number of thiophene rings is 1. The number of hydrogen-bond donors (Lipinski definition) is 1. The van der Waals surface area contributed by atoms with E-state index in [1.165, 1.54) is 45.0 Å². The number of benzene rings is 2. The molecule has 0 fully saturated rings. The van der Waals surface area contributed by atoms with Gasteiger partial charge in [0.05, 0.1) is 11.4 Å². The molecule has 0 amide bonds. The van der Waals surface area contributed by atoms with Crippen molar-refractivity contribution in [1.29, 1.82) is 0 Å². The SMILES string of the molecule is CC(Nc1ncnc2sc3c(c12)CCC3)c1cccc2ccccc12. The molecule has 0 bridgehead atoms. The number of nitrogens with one attached hydrogen (secondary N) is 1. The van der Waals surface area contributed by atoms with Crippen LogP contribution in [0.5, 0.6) is 0 Å². The number of nitrogens with zero attached hydrogens (tertiary/aromatic N) is 2. The summed E-state index contributed by atoms with van der Waals surface area (Å²) in [6.45, 7) is 2.21. The van der Waals surface area contributed by atoms with E-state index >= 15 is 0 Å². The Morgan fingerprint density at radius 1 is 1.04 bits per heavy atom. The highest BCUT2D eigenvalue weighted by molar-refractivity contribution is 7.19. The van der Waals surface area contributed by atoms with Crippen LogP contribution in [0, 0.1) is 0 Å². The van der Waals surface area contributed by atoms with Gasteiger partial charge < -0.3 is 5.32 Å². The monoisotopic (exact) mass is 345 g/mol. The second-order valence-electron chi connectivity index (χ2n) is 6.69. The summed E-state index contributed by atoms with van der Waals surface area (Å²) in [5.74, 6) is 0.977. The Morgan fingerprint density at radius 2 is 1.92 bits per heavy atom.